The van der Waals surface area contributed by atoms with E-state index in [0.717, 1.165) is 10.0 Å². The van der Waals surface area contributed by atoms with Crippen molar-refractivity contribution in [3.63, 3.8) is 0 Å². The first-order chi connectivity index (χ1) is 9.95. The molecule has 5 nitrogen and oxygen atoms in total. The van der Waals surface area contributed by atoms with Crippen LogP contribution in [-0.4, -0.2) is 50.7 Å². The second-order valence-corrected chi connectivity index (χ2v) is 6.03. The lowest BCUT2D eigenvalue weighted by molar-refractivity contribution is -0.122. The van der Waals surface area contributed by atoms with Crippen LogP contribution in [0.5, 0.6) is 0 Å². The second kappa shape index (κ2) is 9.15. The van der Waals surface area contributed by atoms with Crippen molar-refractivity contribution in [1.29, 1.82) is 0 Å². The number of nitrogens with one attached hydrogen (secondary N) is 1. The Kier molecular flexibility index (Phi) is 7.88. The first-order valence-corrected chi connectivity index (χ1v) is 7.72. The Morgan fingerprint density at radius 2 is 2.05 bits per heavy atom. The standard InChI is InChI=1S/C15H24BrN3O2/c1-11(17)15(12-4-6-13(16)7-5-12)19(2)10-14(20)18-8-9-21-3/h4-7,11,15H,8-10,17H2,1-3H3,(H,18,20). The molecule has 3 N–H and O–H groups in total. The molecule has 0 aliphatic carbocycles. The number of ether oxygens (including phenoxy) is 1. The third-order valence-electron chi connectivity index (χ3n) is 3.21. The summed E-state index contributed by atoms with van der Waals surface area (Å²) in [6, 6.07) is 7.93. The first-order valence-electron chi connectivity index (χ1n) is 6.92. The quantitative estimate of drug-likeness (QED) is 0.692. The lowest BCUT2D eigenvalue weighted by Gasteiger charge is -2.31. The normalized spacial score (nSPS) is 14.0. The summed E-state index contributed by atoms with van der Waals surface area (Å²) in [4.78, 5) is 13.9. The van der Waals surface area contributed by atoms with Crippen molar-refractivity contribution in [2.24, 2.45) is 5.73 Å². The maximum atomic E-state index is 11.9. The molecule has 0 aliphatic rings. The molecule has 1 aromatic carbocycles. The molecule has 0 aromatic heterocycles. The van der Waals surface area contributed by atoms with E-state index in [0.29, 0.717) is 19.7 Å². The molecule has 0 saturated carbocycles. The van der Waals surface area contributed by atoms with Crippen LogP contribution in [0.3, 0.4) is 0 Å². The van der Waals surface area contributed by atoms with Crippen LogP contribution in [-0.2, 0) is 9.53 Å². The molecule has 1 aromatic rings. The molecular formula is C15H24BrN3O2. The lowest BCUT2D eigenvalue weighted by Crippen LogP contribution is -2.43. The minimum atomic E-state index is -0.0806. The fourth-order valence-corrected chi connectivity index (χ4v) is 2.56. The molecule has 1 amide bonds. The fraction of sp³-hybridized carbons (Fsp3) is 0.533. The Morgan fingerprint density at radius 1 is 1.43 bits per heavy atom. The molecule has 0 bridgehead atoms. The summed E-state index contributed by atoms with van der Waals surface area (Å²) < 4.78 is 5.93. The minimum absolute atomic E-state index is 0.00808. The average molecular weight is 358 g/mol. The molecule has 0 heterocycles. The predicted molar refractivity (Wildman–Crippen MR) is 88.0 cm³/mol. The van der Waals surface area contributed by atoms with Gasteiger partial charge in [-0.2, -0.15) is 0 Å². The van der Waals surface area contributed by atoms with Crippen LogP contribution in [0.2, 0.25) is 0 Å². The number of carbonyl (C=O) groups is 1. The highest BCUT2D eigenvalue weighted by Gasteiger charge is 2.22. The maximum Gasteiger partial charge on any atom is 0.234 e. The smallest absolute Gasteiger partial charge is 0.234 e. The number of benzene rings is 1. The molecule has 0 radical (unpaired) electrons. The third kappa shape index (κ3) is 6.13. The van der Waals surface area contributed by atoms with Crippen LogP contribution in [0.4, 0.5) is 0 Å². The highest BCUT2D eigenvalue weighted by Crippen LogP contribution is 2.23. The van der Waals surface area contributed by atoms with E-state index in [9.17, 15) is 4.79 Å². The number of methoxy groups -OCH3 is 1. The van der Waals surface area contributed by atoms with Gasteiger partial charge in [-0.3, -0.25) is 9.69 Å². The monoisotopic (exact) mass is 357 g/mol. The first kappa shape index (κ1) is 18.1. The number of hydrogen-bond donors (Lipinski definition) is 2. The van der Waals surface area contributed by atoms with Crippen molar-refractivity contribution < 1.29 is 9.53 Å². The van der Waals surface area contributed by atoms with Gasteiger partial charge in [0.2, 0.25) is 5.91 Å². The molecule has 2 unspecified atom stereocenters. The Balaban J connectivity index is 2.67. The van der Waals surface area contributed by atoms with Gasteiger partial charge in [-0.05, 0) is 31.7 Å². The summed E-state index contributed by atoms with van der Waals surface area (Å²) in [5.41, 5.74) is 7.20. The van der Waals surface area contributed by atoms with Gasteiger partial charge in [0.15, 0.2) is 0 Å². The minimum Gasteiger partial charge on any atom is -0.383 e. The number of rotatable bonds is 8. The molecule has 0 spiro atoms. The largest absolute Gasteiger partial charge is 0.383 e. The number of nitrogens with zero attached hydrogens (tertiary/aromatic N) is 1. The average Bonchev–Trinajstić information content (AvgIpc) is 2.41. The van der Waals surface area contributed by atoms with E-state index in [4.69, 9.17) is 10.5 Å². The molecule has 2 atom stereocenters. The van der Waals surface area contributed by atoms with Gasteiger partial charge in [0.1, 0.15) is 0 Å². The van der Waals surface area contributed by atoms with Crippen LogP contribution < -0.4 is 11.1 Å². The number of likely N-dealkylation sites (N-methyl/N-ethyl adjacent to an activating group) is 1. The topological polar surface area (TPSA) is 67.6 Å². The number of amides is 1. The molecule has 1 rings (SSSR count). The molecule has 6 heteroatoms. The summed E-state index contributed by atoms with van der Waals surface area (Å²) >= 11 is 3.42. The van der Waals surface area contributed by atoms with E-state index in [2.05, 4.69) is 21.2 Å². The van der Waals surface area contributed by atoms with Crippen LogP contribution >= 0.6 is 15.9 Å². The molecular weight excluding hydrogens is 334 g/mol. The molecule has 21 heavy (non-hydrogen) atoms. The third-order valence-corrected chi connectivity index (χ3v) is 3.73. The number of halogens is 1. The van der Waals surface area contributed by atoms with Gasteiger partial charge in [-0.1, -0.05) is 28.1 Å². The number of carbonyl (C=O) groups excluding carboxylic acids is 1. The zero-order chi connectivity index (χ0) is 15.8. The summed E-state index contributed by atoms with van der Waals surface area (Å²) in [7, 11) is 3.52. The van der Waals surface area contributed by atoms with Gasteiger partial charge >= 0.3 is 0 Å². The Bertz CT molecular complexity index is 437. The van der Waals surface area contributed by atoms with E-state index in [1.54, 1.807) is 7.11 Å². The van der Waals surface area contributed by atoms with Gasteiger partial charge in [0.25, 0.3) is 0 Å². The second-order valence-electron chi connectivity index (χ2n) is 5.11. The highest BCUT2D eigenvalue weighted by molar-refractivity contribution is 9.10. The maximum absolute atomic E-state index is 11.9. The SMILES string of the molecule is COCCNC(=O)CN(C)C(c1ccc(Br)cc1)C(C)N. The van der Waals surface area contributed by atoms with Gasteiger partial charge in [-0.25, -0.2) is 0 Å². The summed E-state index contributed by atoms with van der Waals surface area (Å²) in [5, 5.41) is 2.81. The molecule has 0 aliphatic heterocycles. The number of nitrogens with two attached hydrogens (primary N) is 1. The van der Waals surface area contributed by atoms with E-state index >= 15 is 0 Å². The summed E-state index contributed by atoms with van der Waals surface area (Å²) in [6.45, 7) is 3.28. The van der Waals surface area contributed by atoms with Gasteiger partial charge in [-0.15, -0.1) is 0 Å². The Hall–Kier alpha value is -0.950. The highest BCUT2D eigenvalue weighted by atomic mass is 79.9. The zero-order valence-corrected chi connectivity index (χ0v) is 14.4. The van der Waals surface area contributed by atoms with Gasteiger partial charge < -0.3 is 15.8 Å². The van der Waals surface area contributed by atoms with Crippen LogP contribution in [0.1, 0.15) is 18.5 Å². The fourth-order valence-electron chi connectivity index (χ4n) is 2.29. The van der Waals surface area contributed by atoms with Gasteiger partial charge in [0.05, 0.1) is 13.2 Å². The molecule has 0 fully saturated rings. The summed E-state index contributed by atoms with van der Waals surface area (Å²) in [6.07, 6.45) is 0. The van der Waals surface area contributed by atoms with Crippen molar-refractivity contribution in [2.45, 2.75) is 19.0 Å². The summed E-state index contributed by atoms with van der Waals surface area (Å²) in [5.74, 6) is -0.0303. The van der Waals surface area contributed by atoms with Crippen molar-refractivity contribution >= 4 is 21.8 Å². The predicted octanol–water partition coefficient (Wildman–Crippen LogP) is 1.53. The van der Waals surface area contributed by atoms with Crippen molar-refractivity contribution in [3.05, 3.63) is 34.3 Å². The van der Waals surface area contributed by atoms with Crippen molar-refractivity contribution in [2.75, 3.05) is 33.9 Å². The molecule has 118 valence electrons. The Labute approximate surface area is 135 Å². The zero-order valence-electron chi connectivity index (χ0n) is 12.8. The van der Waals surface area contributed by atoms with Crippen molar-refractivity contribution in [1.82, 2.24) is 10.2 Å². The van der Waals surface area contributed by atoms with Gasteiger partial charge in [0, 0.05) is 30.2 Å². The van der Waals surface area contributed by atoms with E-state index < -0.39 is 0 Å². The van der Waals surface area contributed by atoms with Crippen LogP contribution in [0.15, 0.2) is 28.7 Å². The number of hydrogen-bond acceptors (Lipinski definition) is 4. The van der Waals surface area contributed by atoms with Crippen molar-refractivity contribution in [3.8, 4) is 0 Å². The van der Waals surface area contributed by atoms with Crippen LogP contribution in [0, 0.1) is 0 Å². The van der Waals surface area contributed by atoms with Crippen LogP contribution in [0.25, 0.3) is 0 Å². The van der Waals surface area contributed by atoms with E-state index in [1.165, 1.54) is 0 Å². The van der Waals surface area contributed by atoms with E-state index in [-0.39, 0.29) is 18.0 Å². The lowest BCUT2D eigenvalue weighted by atomic mass is 9.99. The molecule has 0 saturated heterocycles. The van der Waals surface area contributed by atoms with E-state index in [1.807, 2.05) is 43.1 Å². The Morgan fingerprint density at radius 3 is 2.57 bits per heavy atom.